The van der Waals surface area contributed by atoms with Gasteiger partial charge in [0.2, 0.25) is 0 Å². The van der Waals surface area contributed by atoms with Crippen LogP contribution in [0.2, 0.25) is 0 Å². The summed E-state index contributed by atoms with van der Waals surface area (Å²) >= 11 is 0. The van der Waals surface area contributed by atoms with Crippen LogP contribution < -0.4 is 0 Å². The summed E-state index contributed by atoms with van der Waals surface area (Å²) in [6.45, 7) is 0. The van der Waals surface area contributed by atoms with Gasteiger partial charge in [0.25, 0.3) is 0 Å². The largest absolute Gasteiger partial charge is 0.292 e. The average molecular weight is 522 g/mol. The van der Waals surface area contributed by atoms with Crippen LogP contribution in [0.25, 0.3) is 82.4 Å². The second kappa shape index (κ2) is 8.48. The minimum atomic E-state index is 0.965. The maximum absolute atomic E-state index is 5.07. The summed E-state index contributed by atoms with van der Waals surface area (Å²) in [5.41, 5.74) is 11.0. The molecular weight excluding hydrogens is 498 g/mol. The van der Waals surface area contributed by atoms with Crippen LogP contribution in [0.1, 0.15) is 0 Å². The monoisotopic (exact) mass is 521 g/mol. The number of benzene rings is 6. The zero-order chi connectivity index (χ0) is 26.9. The Morgan fingerprint density at radius 1 is 0.390 bits per heavy atom. The average Bonchev–Trinajstić information content (AvgIpc) is 3.43. The van der Waals surface area contributed by atoms with Crippen molar-refractivity contribution in [2.75, 3.05) is 0 Å². The molecule has 0 spiro atoms. The van der Waals surface area contributed by atoms with Crippen LogP contribution in [-0.4, -0.2) is 14.4 Å². The summed E-state index contributed by atoms with van der Waals surface area (Å²) in [7, 11) is 0. The van der Waals surface area contributed by atoms with Gasteiger partial charge < -0.3 is 0 Å². The molecule has 0 fully saturated rings. The van der Waals surface area contributed by atoms with E-state index in [-0.39, 0.29) is 0 Å². The molecule has 3 nitrogen and oxygen atoms in total. The lowest BCUT2D eigenvalue weighted by molar-refractivity contribution is 1.30. The summed E-state index contributed by atoms with van der Waals surface area (Å²) in [5, 5.41) is 6.00. The molecule has 0 bridgehead atoms. The Bertz CT molecular complexity index is 2490. The molecule has 0 unspecified atom stereocenters. The van der Waals surface area contributed by atoms with Crippen molar-refractivity contribution in [1.29, 1.82) is 0 Å². The van der Waals surface area contributed by atoms with Gasteiger partial charge in [0.1, 0.15) is 5.65 Å². The van der Waals surface area contributed by atoms with Gasteiger partial charge in [-0.05, 0) is 93.0 Å². The van der Waals surface area contributed by atoms with Gasteiger partial charge in [0.05, 0.1) is 27.6 Å². The van der Waals surface area contributed by atoms with Crippen molar-refractivity contribution < 1.29 is 0 Å². The summed E-state index contributed by atoms with van der Waals surface area (Å²) in [6, 6.07) is 49.8. The lowest BCUT2D eigenvalue weighted by atomic mass is 9.92. The zero-order valence-corrected chi connectivity index (χ0v) is 22.1. The Morgan fingerprint density at radius 2 is 1.15 bits per heavy atom. The van der Waals surface area contributed by atoms with Gasteiger partial charge in [-0.1, -0.05) is 84.9 Å². The van der Waals surface area contributed by atoms with Gasteiger partial charge >= 0.3 is 0 Å². The summed E-state index contributed by atoms with van der Waals surface area (Å²) in [4.78, 5) is 9.92. The van der Waals surface area contributed by atoms with E-state index in [4.69, 9.17) is 9.97 Å². The molecule has 3 aromatic heterocycles. The normalized spacial score (nSPS) is 11.9. The molecule has 0 saturated heterocycles. The maximum atomic E-state index is 5.07. The first-order chi connectivity index (χ1) is 20.3. The first-order valence-electron chi connectivity index (χ1n) is 13.9. The third-order valence-corrected chi connectivity index (χ3v) is 8.32. The number of para-hydroxylation sites is 3. The lowest BCUT2D eigenvalue weighted by Gasteiger charge is -2.13. The van der Waals surface area contributed by atoms with Crippen molar-refractivity contribution in [1.82, 2.24) is 14.4 Å². The van der Waals surface area contributed by atoms with Gasteiger partial charge in [0, 0.05) is 10.8 Å². The van der Waals surface area contributed by atoms with Crippen LogP contribution >= 0.6 is 0 Å². The number of hydrogen-bond donors (Lipinski definition) is 0. The molecule has 9 rings (SSSR count). The quantitative estimate of drug-likeness (QED) is 0.167. The summed E-state index contributed by atoms with van der Waals surface area (Å²) < 4.78 is 2.27. The van der Waals surface area contributed by atoms with Crippen LogP contribution in [0.15, 0.2) is 140 Å². The number of nitrogens with zero attached hydrogens (tertiary/aromatic N) is 3. The number of hydrogen-bond acceptors (Lipinski definition) is 2. The second-order valence-electron chi connectivity index (χ2n) is 10.7. The predicted octanol–water partition coefficient (Wildman–Crippen LogP) is 9.83. The van der Waals surface area contributed by atoms with Crippen molar-refractivity contribution in [3.63, 3.8) is 0 Å². The number of aromatic nitrogens is 3. The minimum Gasteiger partial charge on any atom is -0.292 e. The fourth-order valence-electron chi connectivity index (χ4n) is 6.36. The Labute approximate surface area is 236 Å². The molecule has 0 amide bonds. The van der Waals surface area contributed by atoms with Crippen molar-refractivity contribution >= 4 is 60.2 Å². The first-order valence-corrected chi connectivity index (χ1v) is 13.9. The third-order valence-electron chi connectivity index (χ3n) is 8.32. The molecule has 0 aliphatic rings. The molecule has 0 saturated carbocycles. The molecule has 0 atom stereocenters. The van der Waals surface area contributed by atoms with E-state index in [0.717, 1.165) is 38.6 Å². The fourth-order valence-corrected chi connectivity index (χ4v) is 6.36. The van der Waals surface area contributed by atoms with Crippen molar-refractivity contribution in [3.05, 3.63) is 140 Å². The van der Waals surface area contributed by atoms with Gasteiger partial charge in [-0.2, -0.15) is 0 Å². The fraction of sp³-hybridized carbons (Fsp3) is 0. The van der Waals surface area contributed by atoms with E-state index in [0.29, 0.717) is 0 Å². The van der Waals surface area contributed by atoms with Crippen molar-refractivity contribution in [3.8, 4) is 22.3 Å². The van der Waals surface area contributed by atoms with Gasteiger partial charge in [-0.15, -0.1) is 0 Å². The second-order valence-corrected chi connectivity index (χ2v) is 10.7. The molecular formula is C38H23N3. The lowest BCUT2D eigenvalue weighted by Crippen LogP contribution is -1.90. The molecule has 3 heterocycles. The van der Waals surface area contributed by atoms with Crippen molar-refractivity contribution in [2.45, 2.75) is 0 Å². The smallest absolute Gasteiger partial charge is 0.138 e. The highest BCUT2D eigenvalue weighted by Gasteiger charge is 2.13. The third kappa shape index (κ3) is 3.39. The SMILES string of the molecule is c1cc(-c2ccc3ccc4nc5ccccc5n4c3c2)cc(-c2cc3nc4ccccc4cc3c3ccccc23)c1. The van der Waals surface area contributed by atoms with E-state index < -0.39 is 0 Å². The highest BCUT2D eigenvalue weighted by molar-refractivity contribution is 6.15. The molecule has 0 radical (unpaired) electrons. The van der Waals surface area contributed by atoms with Crippen LogP contribution in [0.5, 0.6) is 0 Å². The highest BCUT2D eigenvalue weighted by atomic mass is 15.0. The predicted molar refractivity (Wildman–Crippen MR) is 171 cm³/mol. The van der Waals surface area contributed by atoms with Crippen molar-refractivity contribution in [2.24, 2.45) is 0 Å². The number of fused-ring (bicyclic) bond motifs is 9. The number of imidazole rings is 1. The van der Waals surface area contributed by atoms with E-state index in [1.54, 1.807) is 0 Å². The molecule has 41 heavy (non-hydrogen) atoms. The van der Waals surface area contributed by atoms with Gasteiger partial charge in [-0.25, -0.2) is 9.97 Å². The minimum absolute atomic E-state index is 0.965. The number of pyridine rings is 2. The highest BCUT2D eigenvalue weighted by Crippen LogP contribution is 2.37. The Kier molecular flexibility index (Phi) is 4.61. The topological polar surface area (TPSA) is 30.2 Å². The van der Waals surface area contributed by atoms with Crippen LogP contribution in [0.4, 0.5) is 0 Å². The molecule has 6 aromatic carbocycles. The Morgan fingerprint density at radius 3 is 2.10 bits per heavy atom. The molecule has 0 N–H and O–H groups in total. The van der Waals surface area contributed by atoms with Gasteiger partial charge in [-0.3, -0.25) is 4.40 Å². The first kappa shape index (κ1) is 22.3. The summed E-state index contributed by atoms with van der Waals surface area (Å²) in [5.74, 6) is 0. The standard InChI is InChI=1S/C38H23N3/c1-4-13-33-28(8-1)21-32-30-12-3-2-11-29(30)31(23-35(32)39-33)27-10-7-9-25(20-27)26-17-16-24-18-19-38-40-34-14-5-6-15-36(34)41(38)37(24)22-26/h1-23H. The molecule has 0 aliphatic carbocycles. The van der Waals surface area contributed by atoms with E-state index in [9.17, 15) is 0 Å². The van der Waals surface area contributed by atoms with Crippen LogP contribution in [-0.2, 0) is 0 Å². The Balaban J connectivity index is 1.26. The molecule has 0 aliphatic heterocycles. The maximum Gasteiger partial charge on any atom is 0.138 e. The summed E-state index contributed by atoms with van der Waals surface area (Å²) in [6.07, 6.45) is 0. The zero-order valence-electron chi connectivity index (χ0n) is 22.1. The van der Waals surface area contributed by atoms with Crippen LogP contribution in [0, 0.1) is 0 Å². The Hall–Kier alpha value is -5.54. The van der Waals surface area contributed by atoms with E-state index in [1.165, 1.54) is 43.8 Å². The van der Waals surface area contributed by atoms with Gasteiger partial charge in [0.15, 0.2) is 0 Å². The molecule has 190 valence electrons. The number of rotatable bonds is 2. The van der Waals surface area contributed by atoms with E-state index in [2.05, 4.69) is 138 Å². The van der Waals surface area contributed by atoms with Crippen LogP contribution in [0.3, 0.4) is 0 Å². The van der Waals surface area contributed by atoms with E-state index in [1.807, 2.05) is 6.07 Å². The van der Waals surface area contributed by atoms with E-state index >= 15 is 0 Å². The molecule has 9 aromatic rings. The molecule has 3 heteroatoms.